The van der Waals surface area contributed by atoms with Crippen molar-refractivity contribution in [3.63, 3.8) is 0 Å². The fraction of sp³-hybridized carbons (Fsp3) is 0.143. The number of nitrogens with two attached hydrogens (primary N) is 1. The molecule has 1 aromatic carbocycles. The van der Waals surface area contributed by atoms with Crippen LogP contribution in [0.3, 0.4) is 0 Å². The third kappa shape index (κ3) is 3.01. The van der Waals surface area contributed by atoms with Gasteiger partial charge in [0.1, 0.15) is 0 Å². The summed E-state index contributed by atoms with van der Waals surface area (Å²) in [5, 5.41) is 11.0. The Balaban J connectivity index is 1.96. The van der Waals surface area contributed by atoms with E-state index in [1.54, 1.807) is 6.33 Å². The van der Waals surface area contributed by atoms with E-state index in [1.165, 1.54) is 0 Å². The summed E-state index contributed by atoms with van der Waals surface area (Å²) in [6.07, 6.45) is 1.62. The van der Waals surface area contributed by atoms with Crippen LogP contribution in [-0.2, 0) is 11.3 Å². The van der Waals surface area contributed by atoms with Gasteiger partial charge in [-0.1, -0.05) is 52.1 Å². The second-order valence-corrected chi connectivity index (χ2v) is 5.61. The highest BCUT2D eigenvalue weighted by Gasteiger charge is 2.18. The second kappa shape index (κ2) is 6.02. The van der Waals surface area contributed by atoms with Crippen molar-refractivity contribution in [2.75, 3.05) is 11.5 Å². The molecule has 0 aliphatic heterocycles. The number of carbonyl (C=O) groups is 1. The average Bonchev–Trinajstić information content (AvgIpc) is 2.94. The van der Waals surface area contributed by atoms with Gasteiger partial charge in [-0.15, -0.1) is 0 Å². The first kappa shape index (κ1) is 14.3. The number of benzene rings is 1. The molecule has 3 aromatic rings. The summed E-state index contributed by atoms with van der Waals surface area (Å²) in [6, 6.07) is 9.89. The lowest BCUT2D eigenvalue weighted by atomic mass is 10.2. The molecule has 2 heterocycles. The predicted octanol–water partition coefficient (Wildman–Crippen LogP) is -0.282. The zero-order chi connectivity index (χ0) is 15.5. The highest BCUT2D eigenvalue weighted by molar-refractivity contribution is 7.99. The first-order valence-corrected chi connectivity index (χ1v) is 7.52. The summed E-state index contributed by atoms with van der Waals surface area (Å²) in [5.41, 5.74) is 8.19. The van der Waals surface area contributed by atoms with Gasteiger partial charge in [-0.25, -0.2) is 4.57 Å². The van der Waals surface area contributed by atoms with Crippen LogP contribution >= 0.6 is 11.8 Å². The monoisotopic (exact) mass is 315 g/mol. The number of hydrogen-bond acceptors (Lipinski definition) is 6. The van der Waals surface area contributed by atoms with Crippen LogP contribution in [0.4, 0.5) is 5.82 Å². The highest BCUT2D eigenvalue weighted by atomic mass is 32.2. The van der Waals surface area contributed by atoms with Gasteiger partial charge in [-0.3, -0.25) is 0 Å². The highest BCUT2D eigenvalue weighted by Crippen LogP contribution is 2.19. The largest absolute Gasteiger partial charge is 0.549 e. The van der Waals surface area contributed by atoms with Crippen molar-refractivity contribution in [3.8, 4) is 0 Å². The first-order valence-electron chi connectivity index (χ1n) is 6.53. The minimum absolute atomic E-state index is 0.175. The Hall–Kier alpha value is -2.61. The number of carbonyl (C=O) groups excluding carboxylic acids is 1. The molecule has 0 atom stereocenters. The van der Waals surface area contributed by atoms with E-state index >= 15 is 0 Å². The third-order valence-corrected chi connectivity index (χ3v) is 3.90. The SMILES string of the molecule is Nc1nc[n+](Cc2ccccc2)c2nc(SCC(=O)[O-])[nH]c12. The number of nitrogen functional groups attached to an aromatic ring is 1. The maximum absolute atomic E-state index is 10.5. The number of carboxylic acids is 1. The van der Waals surface area contributed by atoms with Gasteiger partial charge in [0.15, 0.2) is 5.52 Å². The van der Waals surface area contributed by atoms with Crippen LogP contribution in [0, 0.1) is 0 Å². The van der Waals surface area contributed by atoms with Crippen molar-refractivity contribution >= 4 is 34.7 Å². The Kier molecular flexibility index (Phi) is 3.92. The Labute approximate surface area is 130 Å². The Bertz CT molecular complexity index is 819. The average molecular weight is 315 g/mol. The van der Waals surface area contributed by atoms with E-state index in [0.29, 0.717) is 28.7 Å². The van der Waals surface area contributed by atoms with Crippen LogP contribution in [0.2, 0.25) is 0 Å². The van der Waals surface area contributed by atoms with Crippen molar-refractivity contribution in [2.24, 2.45) is 0 Å². The van der Waals surface area contributed by atoms with E-state index in [-0.39, 0.29) is 5.75 Å². The molecule has 3 rings (SSSR count). The van der Waals surface area contributed by atoms with Crippen LogP contribution in [0.15, 0.2) is 41.8 Å². The molecule has 0 saturated heterocycles. The smallest absolute Gasteiger partial charge is 0.295 e. The predicted molar refractivity (Wildman–Crippen MR) is 79.8 cm³/mol. The molecule has 0 spiro atoms. The van der Waals surface area contributed by atoms with Crippen LogP contribution in [0.5, 0.6) is 0 Å². The lowest BCUT2D eigenvalue weighted by molar-refractivity contribution is -0.667. The molecular formula is C14H13N5O2S. The maximum atomic E-state index is 10.5. The quantitative estimate of drug-likeness (QED) is 0.495. The minimum atomic E-state index is -1.14. The molecule has 0 unspecified atom stereocenters. The van der Waals surface area contributed by atoms with Gasteiger partial charge in [0, 0.05) is 5.75 Å². The first-order chi connectivity index (χ1) is 10.6. The van der Waals surface area contributed by atoms with Crippen molar-refractivity contribution in [2.45, 2.75) is 11.7 Å². The molecule has 0 saturated carbocycles. The van der Waals surface area contributed by atoms with Crippen LogP contribution in [0.1, 0.15) is 5.56 Å². The molecule has 0 aliphatic rings. The Morgan fingerprint density at radius 3 is 2.86 bits per heavy atom. The van der Waals surface area contributed by atoms with E-state index in [4.69, 9.17) is 5.73 Å². The maximum Gasteiger partial charge on any atom is 0.295 e. The standard InChI is InChI=1S/C14H13N5O2S/c15-12-11-13(18-14(17-11)22-7-10(20)21)19(8-16-12)6-9-4-2-1-3-5-9/h1-5,8H,6-7H2,(H3,15,17,18,20,21). The van der Waals surface area contributed by atoms with Gasteiger partial charge in [-0.05, 0) is 5.56 Å². The second-order valence-electron chi connectivity index (χ2n) is 4.64. The van der Waals surface area contributed by atoms with Gasteiger partial charge in [0.05, 0.1) is 12.5 Å². The van der Waals surface area contributed by atoms with E-state index in [9.17, 15) is 9.90 Å². The summed E-state index contributed by atoms with van der Waals surface area (Å²) in [4.78, 5) is 22.1. The Morgan fingerprint density at radius 2 is 2.14 bits per heavy atom. The number of aromatic nitrogens is 4. The zero-order valence-corrected chi connectivity index (χ0v) is 12.3. The number of aliphatic carboxylic acids is 1. The van der Waals surface area contributed by atoms with E-state index in [0.717, 1.165) is 17.3 Å². The lowest BCUT2D eigenvalue weighted by Crippen LogP contribution is -2.36. The van der Waals surface area contributed by atoms with Crippen LogP contribution in [-0.4, -0.2) is 26.7 Å². The van der Waals surface area contributed by atoms with Crippen molar-refractivity contribution in [1.29, 1.82) is 0 Å². The molecule has 0 bridgehead atoms. The van der Waals surface area contributed by atoms with E-state index in [1.807, 2.05) is 34.9 Å². The molecule has 7 nitrogen and oxygen atoms in total. The van der Waals surface area contributed by atoms with Crippen molar-refractivity contribution < 1.29 is 14.5 Å². The van der Waals surface area contributed by atoms with Gasteiger partial charge in [0.25, 0.3) is 5.65 Å². The third-order valence-electron chi connectivity index (χ3n) is 3.05. The number of H-pyrrole nitrogens is 1. The molecule has 2 aromatic heterocycles. The summed E-state index contributed by atoms with van der Waals surface area (Å²) >= 11 is 1.05. The fourth-order valence-corrected chi connectivity index (χ4v) is 2.65. The summed E-state index contributed by atoms with van der Waals surface area (Å²) in [7, 11) is 0. The topological polar surface area (TPSA) is 112 Å². The number of thioether (sulfide) groups is 1. The van der Waals surface area contributed by atoms with Gasteiger partial charge < -0.3 is 20.6 Å². The molecule has 0 fully saturated rings. The van der Waals surface area contributed by atoms with Crippen molar-refractivity contribution in [3.05, 3.63) is 42.2 Å². The number of imidazole rings is 1. The molecule has 8 heteroatoms. The number of nitrogens with zero attached hydrogens (tertiary/aromatic N) is 3. The normalized spacial score (nSPS) is 10.9. The lowest BCUT2D eigenvalue weighted by Gasteiger charge is -2.01. The molecule has 0 radical (unpaired) electrons. The number of hydrogen-bond donors (Lipinski definition) is 2. The Morgan fingerprint density at radius 1 is 1.36 bits per heavy atom. The number of anilines is 1. The van der Waals surface area contributed by atoms with E-state index < -0.39 is 5.97 Å². The molecular weight excluding hydrogens is 302 g/mol. The van der Waals surface area contributed by atoms with Gasteiger partial charge in [0.2, 0.25) is 17.3 Å². The molecule has 22 heavy (non-hydrogen) atoms. The number of rotatable bonds is 5. The zero-order valence-electron chi connectivity index (χ0n) is 11.5. The summed E-state index contributed by atoms with van der Waals surface area (Å²) < 4.78 is 1.86. The number of aromatic amines is 1. The molecule has 0 aliphatic carbocycles. The van der Waals surface area contributed by atoms with Gasteiger partial charge >= 0.3 is 0 Å². The molecule has 112 valence electrons. The number of carboxylic acid groups (broad SMARTS) is 1. The van der Waals surface area contributed by atoms with E-state index in [2.05, 4.69) is 15.0 Å². The summed E-state index contributed by atoms with van der Waals surface area (Å²) in [5.74, 6) is -0.993. The fourth-order valence-electron chi connectivity index (χ4n) is 2.07. The minimum Gasteiger partial charge on any atom is -0.549 e. The summed E-state index contributed by atoms with van der Waals surface area (Å²) in [6.45, 7) is 0.597. The van der Waals surface area contributed by atoms with Crippen LogP contribution < -0.4 is 15.4 Å². The molecule has 3 N–H and O–H groups in total. The van der Waals surface area contributed by atoms with Crippen LogP contribution in [0.25, 0.3) is 11.2 Å². The molecule has 0 amide bonds. The van der Waals surface area contributed by atoms with Gasteiger partial charge in [-0.2, -0.15) is 0 Å². The number of nitrogens with one attached hydrogen (secondary N) is 1. The number of fused-ring (bicyclic) bond motifs is 1. The van der Waals surface area contributed by atoms with Crippen molar-refractivity contribution in [1.82, 2.24) is 15.0 Å².